The van der Waals surface area contributed by atoms with Crippen LogP contribution in [-0.2, 0) is 9.47 Å². The topological polar surface area (TPSA) is 106 Å². The van der Waals surface area contributed by atoms with E-state index in [0.717, 1.165) is 39.4 Å². The number of nitrogens with one attached hydrogen (secondary N) is 2. The maximum atomic E-state index is 12.4. The van der Waals surface area contributed by atoms with E-state index >= 15 is 0 Å². The second-order valence-electron chi connectivity index (χ2n) is 6.16. The Balaban J connectivity index is 1.54. The fourth-order valence-electron chi connectivity index (χ4n) is 2.77. The number of esters is 1. The van der Waals surface area contributed by atoms with Gasteiger partial charge in [0.2, 0.25) is 0 Å². The smallest absolute Gasteiger partial charge is 0.339 e. The number of methoxy groups -OCH3 is 1. The minimum absolute atomic E-state index is 0.151. The third kappa shape index (κ3) is 5.24. The van der Waals surface area contributed by atoms with Gasteiger partial charge in [-0.05, 0) is 12.1 Å². The highest BCUT2D eigenvalue weighted by Crippen LogP contribution is 2.17. The predicted molar refractivity (Wildman–Crippen MR) is 104 cm³/mol. The van der Waals surface area contributed by atoms with Crippen LogP contribution in [0.3, 0.4) is 0 Å². The molecule has 1 aliphatic heterocycles. The molecule has 3 rings (SSSR count). The Bertz CT molecular complexity index is 806. The Hall–Kier alpha value is -3.04. The van der Waals surface area contributed by atoms with Gasteiger partial charge in [-0.2, -0.15) is 0 Å². The number of aromatic nitrogens is 2. The van der Waals surface area contributed by atoms with Crippen molar-refractivity contribution in [1.82, 2.24) is 14.9 Å². The highest BCUT2D eigenvalue weighted by Gasteiger charge is 2.15. The SMILES string of the molecule is COC(=O)c1ccccc1NC(=O)c1cnc(NCCN2CCOCC2)cn1. The molecular weight excluding hydrogens is 362 g/mol. The van der Waals surface area contributed by atoms with Gasteiger partial charge in [0.05, 0.1) is 44.0 Å². The summed E-state index contributed by atoms with van der Waals surface area (Å²) in [5, 5.41) is 5.86. The minimum Gasteiger partial charge on any atom is -0.465 e. The third-order valence-corrected chi connectivity index (χ3v) is 4.30. The van der Waals surface area contributed by atoms with Crippen molar-refractivity contribution in [1.29, 1.82) is 0 Å². The number of morpholine rings is 1. The molecule has 28 heavy (non-hydrogen) atoms. The summed E-state index contributed by atoms with van der Waals surface area (Å²) in [4.78, 5) is 34.9. The molecule has 1 saturated heterocycles. The standard InChI is InChI=1S/C19H23N5O4/c1-27-19(26)14-4-2-3-5-15(14)23-18(25)16-12-22-17(13-21-16)20-6-7-24-8-10-28-11-9-24/h2-5,12-13H,6-11H2,1H3,(H,20,22)(H,23,25). The largest absolute Gasteiger partial charge is 0.465 e. The van der Waals surface area contributed by atoms with E-state index in [1.165, 1.54) is 19.5 Å². The molecule has 0 saturated carbocycles. The van der Waals surface area contributed by atoms with E-state index in [4.69, 9.17) is 9.47 Å². The van der Waals surface area contributed by atoms with Crippen LogP contribution in [0.25, 0.3) is 0 Å². The van der Waals surface area contributed by atoms with Crippen molar-refractivity contribution in [3.63, 3.8) is 0 Å². The first-order chi connectivity index (χ1) is 13.7. The lowest BCUT2D eigenvalue weighted by Gasteiger charge is -2.26. The molecule has 0 bridgehead atoms. The lowest BCUT2D eigenvalue weighted by molar-refractivity contribution is 0.0398. The Labute approximate surface area is 163 Å². The summed E-state index contributed by atoms with van der Waals surface area (Å²) in [6, 6.07) is 6.61. The maximum absolute atomic E-state index is 12.4. The molecule has 0 aliphatic carbocycles. The van der Waals surface area contributed by atoms with Crippen molar-refractivity contribution in [3.05, 3.63) is 47.9 Å². The van der Waals surface area contributed by atoms with Crippen molar-refractivity contribution in [2.75, 3.05) is 57.1 Å². The van der Waals surface area contributed by atoms with Gasteiger partial charge in [0, 0.05) is 26.2 Å². The second kappa shape index (κ2) is 9.77. The van der Waals surface area contributed by atoms with Gasteiger partial charge in [-0.15, -0.1) is 0 Å². The molecule has 0 spiro atoms. The Kier molecular flexibility index (Phi) is 6.88. The van der Waals surface area contributed by atoms with Crippen LogP contribution in [0.2, 0.25) is 0 Å². The van der Waals surface area contributed by atoms with Gasteiger partial charge < -0.3 is 20.1 Å². The molecule has 1 aromatic heterocycles. The quantitative estimate of drug-likeness (QED) is 0.686. The van der Waals surface area contributed by atoms with E-state index in [2.05, 4.69) is 25.5 Å². The third-order valence-electron chi connectivity index (χ3n) is 4.30. The molecule has 9 nitrogen and oxygen atoms in total. The first-order valence-electron chi connectivity index (χ1n) is 9.02. The van der Waals surface area contributed by atoms with Crippen LogP contribution in [0.5, 0.6) is 0 Å². The maximum Gasteiger partial charge on any atom is 0.339 e. The van der Waals surface area contributed by atoms with Crippen molar-refractivity contribution in [3.8, 4) is 0 Å². The number of carbonyl (C=O) groups is 2. The first kappa shape index (κ1) is 19.7. The van der Waals surface area contributed by atoms with Crippen molar-refractivity contribution in [2.45, 2.75) is 0 Å². The van der Waals surface area contributed by atoms with Gasteiger partial charge in [-0.1, -0.05) is 12.1 Å². The van der Waals surface area contributed by atoms with Crippen LogP contribution in [0.4, 0.5) is 11.5 Å². The number of carbonyl (C=O) groups excluding carboxylic acids is 2. The molecule has 1 fully saturated rings. The highest BCUT2D eigenvalue weighted by molar-refractivity contribution is 6.06. The lowest BCUT2D eigenvalue weighted by Crippen LogP contribution is -2.39. The van der Waals surface area contributed by atoms with Crippen molar-refractivity contribution < 1.29 is 19.1 Å². The van der Waals surface area contributed by atoms with E-state index in [9.17, 15) is 9.59 Å². The molecule has 9 heteroatoms. The zero-order chi connectivity index (χ0) is 19.8. The molecule has 0 unspecified atom stereocenters. The molecule has 148 valence electrons. The number of benzene rings is 1. The van der Waals surface area contributed by atoms with Crippen LogP contribution in [-0.4, -0.2) is 73.2 Å². The highest BCUT2D eigenvalue weighted by atomic mass is 16.5. The number of ether oxygens (including phenoxy) is 2. The van der Waals surface area contributed by atoms with Crippen molar-refractivity contribution in [2.24, 2.45) is 0 Å². The van der Waals surface area contributed by atoms with Gasteiger partial charge in [0.25, 0.3) is 5.91 Å². The molecule has 1 aromatic carbocycles. The minimum atomic E-state index is -0.526. The van der Waals surface area contributed by atoms with Crippen LogP contribution >= 0.6 is 0 Å². The molecule has 0 atom stereocenters. The number of hydrogen-bond acceptors (Lipinski definition) is 8. The summed E-state index contributed by atoms with van der Waals surface area (Å²) in [6.07, 6.45) is 2.91. The van der Waals surface area contributed by atoms with E-state index in [-0.39, 0.29) is 11.3 Å². The molecule has 1 aliphatic rings. The van der Waals surface area contributed by atoms with Crippen LogP contribution < -0.4 is 10.6 Å². The van der Waals surface area contributed by atoms with Gasteiger partial charge in [-0.25, -0.2) is 14.8 Å². The molecular formula is C19H23N5O4. The summed E-state index contributed by atoms with van der Waals surface area (Å²) in [7, 11) is 1.29. The Morgan fingerprint density at radius 2 is 1.96 bits per heavy atom. The van der Waals surface area contributed by atoms with Gasteiger partial charge in [0.15, 0.2) is 0 Å². The molecule has 2 aromatic rings. The first-order valence-corrected chi connectivity index (χ1v) is 9.02. The Morgan fingerprint density at radius 3 is 2.68 bits per heavy atom. The predicted octanol–water partition coefficient (Wildman–Crippen LogP) is 1.26. The zero-order valence-corrected chi connectivity index (χ0v) is 15.7. The van der Waals surface area contributed by atoms with Gasteiger partial charge in [-0.3, -0.25) is 9.69 Å². The summed E-state index contributed by atoms with van der Waals surface area (Å²) >= 11 is 0. The molecule has 0 radical (unpaired) electrons. The average Bonchev–Trinajstić information content (AvgIpc) is 2.75. The average molecular weight is 385 g/mol. The fourth-order valence-corrected chi connectivity index (χ4v) is 2.77. The van der Waals surface area contributed by atoms with Gasteiger partial charge in [0.1, 0.15) is 11.5 Å². The fraction of sp³-hybridized carbons (Fsp3) is 0.368. The number of hydrogen-bond donors (Lipinski definition) is 2. The summed E-state index contributed by atoms with van der Waals surface area (Å²) in [5.74, 6) is -0.384. The molecule has 1 amide bonds. The van der Waals surface area contributed by atoms with E-state index in [1.54, 1.807) is 24.3 Å². The van der Waals surface area contributed by atoms with Gasteiger partial charge >= 0.3 is 5.97 Å². The number of para-hydroxylation sites is 1. The van der Waals surface area contributed by atoms with Crippen LogP contribution in [0, 0.1) is 0 Å². The number of rotatable bonds is 7. The zero-order valence-electron chi connectivity index (χ0n) is 15.7. The van der Waals surface area contributed by atoms with E-state index in [1.807, 2.05) is 0 Å². The summed E-state index contributed by atoms with van der Waals surface area (Å²) in [5.41, 5.74) is 0.778. The molecule has 2 N–H and O–H groups in total. The van der Waals surface area contributed by atoms with E-state index < -0.39 is 11.9 Å². The monoisotopic (exact) mass is 385 g/mol. The summed E-state index contributed by atoms with van der Waals surface area (Å²) in [6.45, 7) is 5.01. The van der Waals surface area contributed by atoms with Crippen molar-refractivity contribution >= 4 is 23.4 Å². The summed E-state index contributed by atoms with van der Waals surface area (Å²) < 4.78 is 10.0. The van der Waals surface area contributed by atoms with Crippen LogP contribution in [0.15, 0.2) is 36.7 Å². The lowest BCUT2D eigenvalue weighted by atomic mass is 10.1. The number of nitrogens with zero attached hydrogens (tertiary/aromatic N) is 3. The number of anilines is 2. The molecule has 2 heterocycles. The Morgan fingerprint density at radius 1 is 1.18 bits per heavy atom. The number of amides is 1. The van der Waals surface area contributed by atoms with Crippen LogP contribution in [0.1, 0.15) is 20.8 Å². The normalized spacial score (nSPS) is 14.3. The second-order valence-corrected chi connectivity index (χ2v) is 6.16. The van der Waals surface area contributed by atoms with E-state index in [0.29, 0.717) is 11.5 Å².